The van der Waals surface area contributed by atoms with Gasteiger partial charge in [-0.05, 0) is 6.42 Å². The number of methoxy groups -OCH3 is 1. The molecule has 0 aromatic rings. The van der Waals surface area contributed by atoms with E-state index < -0.39 is 23.9 Å². The number of hydrogen-bond acceptors (Lipinski definition) is 4. The van der Waals surface area contributed by atoms with E-state index in [1.54, 1.807) is 0 Å². The Bertz CT molecular complexity index is 304. The Morgan fingerprint density at radius 2 is 2.19 bits per heavy atom. The molecule has 0 spiro atoms. The lowest BCUT2D eigenvalue weighted by Crippen LogP contribution is -2.41. The second-order valence-corrected chi connectivity index (χ2v) is 3.50. The van der Waals surface area contributed by atoms with E-state index >= 15 is 0 Å². The van der Waals surface area contributed by atoms with Crippen LogP contribution in [-0.2, 0) is 14.3 Å². The largest absolute Gasteiger partial charge is 0.481 e. The topological polar surface area (TPSA) is 95.9 Å². The van der Waals surface area contributed by atoms with Crippen molar-refractivity contribution >= 4 is 18.0 Å². The van der Waals surface area contributed by atoms with Crippen LogP contribution in [-0.4, -0.2) is 54.7 Å². The van der Waals surface area contributed by atoms with Gasteiger partial charge in [-0.3, -0.25) is 9.59 Å². The van der Waals surface area contributed by atoms with Gasteiger partial charge in [-0.1, -0.05) is 0 Å². The lowest BCUT2D eigenvalue weighted by atomic mass is 10.1. The number of carbonyl (C=O) groups excluding carboxylic acids is 2. The van der Waals surface area contributed by atoms with Gasteiger partial charge >= 0.3 is 18.0 Å². The van der Waals surface area contributed by atoms with Crippen molar-refractivity contribution in [2.75, 3.05) is 26.7 Å². The minimum atomic E-state index is -0.900. The summed E-state index contributed by atoms with van der Waals surface area (Å²) in [7, 11) is 1.23. The van der Waals surface area contributed by atoms with Gasteiger partial charge in [0.2, 0.25) is 0 Å². The molecule has 1 aliphatic rings. The van der Waals surface area contributed by atoms with Crippen LogP contribution in [0.4, 0.5) is 4.79 Å². The van der Waals surface area contributed by atoms with E-state index in [-0.39, 0.29) is 13.1 Å². The van der Waals surface area contributed by atoms with Gasteiger partial charge in [-0.2, -0.15) is 0 Å². The molecule has 1 heterocycles. The molecule has 7 nitrogen and oxygen atoms in total. The number of urea groups is 1. The fourth-order valence-corrected chi connectivity index (χ4v) is 1.48. The first-order chi connectivity index (χ1) is 7.54. The number of nitrogens with one attached hydrogen (secondary N) is 1. The lowest BCUT2D eigenvalue weighted by molar-refractivity contribution is -0.141. The van der Waals surface area contributed by atoms with Gasteiger partial charge in [-0.25, -0.2) is 4.79 Å². The maximum atomic E-state index is 11.4. The van der Waals surface area contributed by atoms with E-state index in [0.717, 1.165) is 0 Å². The number of esters is 1. The molecule has 1 atom stereocenters. The molecule has 1 unspecified atom stereocenters. The number of likely N-dealkylation sites (tertiary alicyclic amines) is 1. The first kappa shape index (κ1) is 12.3. The maximum absolute atomic E-state index is 11.4. The summed E-state index contributed by atoms with van der Waals surface area (Å²) in [5, 5.41) is 11.1. The number of carboxylic acids is 1. The van der Waals surface area contributed by atoms with Crippen molar-refractivity contribution in [3.05, 3.63) is 0 Å². The summed E-state index contributed by atoms with van der Waals surface area (Å²) >= 11 is 0. The van der Waals surface area contributed by atoms with E-state index in [4.69, 9.17) is 5.11 Å². The first-order valence-corrected chi connectivity index (χ1v) is 4.87. The van der Waals surface area contributed by atoms with Crippen molar-refractivity contribution in [3.8, 4) is 0 Å². The number of aliphatic carboxylic acids is 1. The third kappa shape index (κ3) is 3.11. The van der Waals surface area contributed by atoms with Crippen molar-refractivity contribution in [1.82, 2.24) is 10.2 Å². The van der Waals surface area contributed by atoms with E-state index in [2.05, 4.69) is 10.1 Å². The Morgan fingerprint density at radius 1 is 1.50 bits per heavy atom. The van der Waals surface area contributed by atoms with Gasteiger partial charge in [0.25, 0.3) is 0 Å². The van der Waals surface area contributed by atoms with Gasteiger partial charge in [0.15, 0.2) is 0 Å². The SMILES string of the molecule is COC(=O)CNC(=O)N1CCC(C(=O)O)C1. The minimum Gasteiger partial charge on any atom is -0.481 e. The number of carboxylic acid groups (broad SMARTS) is 1. The minimum absolute atomic E-state index is 0.183. The number of ether oxygens (including phenoxy) is 1. The van der Waals surface area contributed by atoms with E-state index in [1.165, 1.54) is 12.0 Å². The molecule has 1 rings (SSSR count). The second-order valence-electron chi connectivity index (χ2n) is 3.50. The molecule has 0 saturated carbocycles. The lowest BCUT2D eigenvalue weighted by Gasteiger charge is -2.15. The van der Waals surface area contributed by atoms with Crippen LogP contribution in [0.5, 0.6) is 0 Å². The van der Waals surface area contributed by atoms with Crippen LogP contribution in [0.15, 0.2) is 0 Å². The molecule has 2 N–H and O–H groups in total. The Balaban J connectivity index is 2.34. The molecule has 0 aromatic heterocycles. The fraction of sp³-hybridized carbons (Fsp3) is 0.667. The molecule has 90 valence electrons. The fourth-order valence-electron chi connectivity index (χ4n) is 1.48. The Labute approximate surface area is 92.4 Å². The average molecular weight is 230 g/mol. The summed E-state index contributed by atoms with van der Waals surface area (Å²) in [4.78, 5) is 34.2. The van der Waals surface area contributed by atoms with Crippen molar-refractivity contribution in [1.29, 1.82) is 0 Å². The summed E-state index contributed by atoms with van der Waals surface area (Å²) in [6.45, 7) is 0.371. The summed E-state index contributed by atoms with van der Waals surface area (Å²) in [6, 6.07) is -0.436. The number of nitrogens with zero attached hydrogens (tertiary/aromatic N) is 1. The molecule has 2 amide bonds. The highest BCUT2D eigenvalue weighted by molar-refractivity contribution is 5.81. The number of hydrogen-bond donors (Lipinski definition) is 2. The quantitative estimate of drug-likeness (QED) is 0.623. The highest BCUT2D eigenvalue weighted by Crippen LogP contribution is 2.15. The zero-order valence-electron chi connectivity index (χ0n) is 8.93. The third-order valence-electron chi connectivity index (χ3n) is 2.44. The normalized spacial score (nSPS) is 19.3. The van der Waals surface area contributed by atoms with E-state index in [1.807, 2.05) is 0 Å². The highest BCUT2D eigenvalue weighted by Gasteiger charge is 2.30. The van der Waals surface area contributed by atoms with Crippen LogP contribution in [0.1, 0.15) is 6.42 Å². The van der Waals surface area contributed by atoms with E-state index in [0.29, 0.717) is 13.0 Å². The molecular formula is C9H14N2O5. The first-order valence-electron chi connectivity index (χ1n) is 4.87. The molecule has 0 aromatic carbocycles. The van der Waals surface area contributed by atoms with Crippen LogP contribution in [0.25, 0.3) is 0 Å². The van der Waals surface area contributed by atoms with Gasteiger partial charge < -0.3 is 20.1 Å². The number of rotatable bonds is 3. The van der Waals surface area contributed by atoms with Gasteiger partial charge in [0.1, 0.15) is 6.54 Å². The maximum Gasteiger partial charge on any atom is 0.325 e. The summed E-state index contributed by atoms with van der Waals surface area (Å²) in [6.07, 6.45) is 0.445. The molecule has 1 aliphatic heterocycles. The molecule has 0 aliphatic carbocycles. The van der Waals surface area contributed by atoms with Crippen LogP contribution in [0.2, 0.25) is 0 Å². The Morgan fingerprint density at radius 3 is 2.69 bits per heavy atom. The van der Waals surface area contributed by atoms with Gasteiger partial charge in [0.05, 0.1) is 13.0 Å². The molecule has 0 bridgehead atoms. The van der Waals surface area contributed by atoms with Crippen LogP contribution in [0, 0.1) is 5.92 Å². The third-order valence-corrected chi connectivity index (χ3v) is 2.44. The zero-order valence-corrected chi connectivity index (χ0v) is 8.93. The number of amides is 2. The summed E-state index contributed by atoms with van der Waals surface area (Å²) in [5.41, 5.74) is 0. The Hall–Kier alpha value is -1.79. The van der Waals surface area contributed by atoms with Crippen LogP contribution in [0.3, 0.4) is 0 Å². The van der Waals surface area contributed by atoms with Crippen molar-refractivity contribution in [3.63, 3.8) is 0 Å². The summed E-state index contributed by atoms with van der Waals surface area (Å²) in [5.74, 6) is -1.95. The van der Waals surface area contributed by atoms with Gasteiger partial charge in [-0.15, -0.1) is 0 Å². The van der Waals surface area contributed by atoms with E-state index in [9.17, 15) is 14.4 Å². The predicted octanol–water partition coefficient (Wildman–Crippen LogP) is -0.724. The Kier molecular flexibility index (Phi) is 4.10. The molecular weight excluding hydrogens is 216 g/mol. The zero-order chi connectivity index (χ0) is 12.1. The molecule has 7 heteroatoms. The number of carbonyl (C=O) groups is 3. The van der Waals surface area contributed by atoms with Crippen LogP contribution >= 0.6 is 0 Å². The second kappa shape index (κ2) is 5.34. The van der Waals surface area contributed by atoms with Crippen molar-refractivity contribution in [2.24, 2.45) is 5.92 Å². The van der Waals surface area contributed by atoms with Crippen LogP contribution < -0.4 is 5.32 Å². The average Bonchev–Trinajstić information content (AvgIpc) is 2.74. The molecule has 0 radical (unpaired) electrons. The molecule has 16 heavy (non-hydrogen) atoms. The molecule has 1 saturated heterocycles. The monoisotopic (exact) mass is 230 g/mol. The van der Waals surface area contributed by atoms with Crippen molar-refractivity contribution < 1.29 is 24.2 Å². The standard InChI is InChI=1S/C9H14N2O5/c1-16-7(12)4-10-9(15)11-3-2-6(5-11)8(13)14/h6H,2-5H2,1H3,(H,10,15)(H,13,14). The highest BCUT2D eigenvalue weighted by atomic mass is 16.5. The smallest absolute Gasteiger partial charge is 0.325 e. The van der Waals surface area contributed by atoms with Crippen molar-refractivity contribution in [2.45, 2.75) is 6.42 Å². The predicted molar refractivity (Wildman–Crippen MR) is 52.7 cm³/mol. The van der Waals surface area contributed by atoms with Gasteiger partial charge in [0, 0.05) is 13.1 Å². The summed E-state index contributed by atoms with van der Waals surface area (Å²) < 4.78 is 4.36. The molecule has 1 fully saturated rings.